The van der Waals surface area contributed by atoms with Gasteiger partial charge in [-0.3, -0.25) is 9.59 Å². The van der Waals surface area contributed by atoms with E-state index in [1.165, 1.54) is 4.90 Å². The van der Waals surface area contributed by atoms with Crippen molar-refractivity contribution in [1.82, 2.24) is 10.2 Å². The SMILES string of the molecule is CC(C)N(CC(=O)O)C(=O)CC1(NC(=O)OCC2c3ccccc3-c3ccccc32)CCC1. The van der Waals surface area contributed by atoms with Crippen molar-refractivity contribution in [2.24, 2.45) is 0 Å². The van der Waals surface area contributed by atoms with Gasteiger partial charge in [-0.2, -0.15) is 0 Å². The molecular weight excluding hydrogens is 420 g/mol. The fourth-order valence-corrected chi connectivity index (χ4v) is 4.90. The number of carboxylic acids is 1. The number of alkyl carbamates (subject to hydrolysis) is 1. The monoisotopic (exact) mass is 450 g/mol. The Morgan fingerprint density at radius 2 is 1.64 bits per heavy atom. The molecule has 0 saturated heterocycles. The summed E-state index contributed by atoms with van der Waals surface area (Å²) >= 11 is 0. The molecule has 174 valence electrons. The van der Waals surface area contributed by atoms with E-state index in [1.807, 2.05) is 24.3 Å². The van der Waals surface area contributed by atoms with Crippen molar-refractivity contribution >= 4 is 18.0 Å². The summed E-state index contributed by atoms with van der Waals surface area (Å²) < 4.78 is 5.66. The number of nitrogens with zero attached hydrogens (tertiary/aromatic N) is 1. The molecule has 1 fully saturated rings. The van der Waals surface area contributed by atoms with Crippen LogP contribution in [0.2, 0.25) is 0 Å². The minimum Gasteiger partial charge on any atom is -0.480 e. The first-order chi connectivity index (χ1) is 15.8. The average Bonchev–Trinajstić information content (AvgIpc) is 3.08. The Morgan fingerprint density at radius 3 is 2.12 bits per heavy atom. The maximum Gasteiger partial charge on any atom is 0.407 e. The predicted octanol–water partition coefficient (Wildman–Crippen LogP) is 4.16. The molecule has 4 rings (SSSR count). The lowest BCUT2D eigenvalue weighted by atomic mass is 9.74. The molecule has 2 aromatic carbocycles. The molecule has 0 aromatic heterocycles. The van der Waals surface area contributed by atoms with E-state index in [-0.39, 0.29) is 37.4 Å². The van der Waals surface area contributed by atoms with Crippen molar-refractivity contribution < 1.29 is 24.2 Å². The molecule has 1 saturated carbocycles. The molecule has 0 aliphatic heterocycles. The first-order valence-electron chi connectivity index (χ1n) is 11.4. The number of ether oxygens (including phenoxy) is 1. The molecule has 2 aromatic rings. The van der Waals surface area contributed by atoms with Gasteiger partial charge in [-0.05, 0) is 55.4 Å². The number of carbonyl (C=O) groups is 3. The van der Waals surface area contributed by atoms with Gasteiger partial charge in [-0.1, -0.05) is 48.5 Å². The molecule has 2 N–H and O–H groups in total. The van der Waals surface area contributed by atoms with E-state index in [1.54, 1.807) is 13.8 Å². The molecular formula is C26H30N2O5. The van der Waals surface area contributed by atoms with Crippen LogP contribution < -0.4 is 5.32 Å². The van der Waals surface area contributed by atoms with Gasteiger partial charge < -0.3 is 20.1 Å². The lowest BCUT2D eigenvalue weighted by molar-refractivity contribution is -0.146. The van der Waals surface area contributed by atoms with Crippen molar-refractivity contribution in [1.29, 1.82) is 0 Å². The molecule has 0 spiro atoms. The second kappa shape index (κ2) is 9.25. The largest absolute Gasteiger partial charge is 0.480 e. The van der Waals surface area contributed by atoms with Crippen LogP contribution in [0.5, 0.6) is 0 Å². The molecule has 2 amide bonds. The second-order valence-electron chi connectivity index (χ2n) is 9.27. The number of aliphatic carboxylic acids is 1. The maximum absolute atomic E-state index is 12.8. The average molecular weight is 451 g/mol. The smallest absolute Gasteiger partial charge is 0.407 e. The van der Waals surface area contributed by atoms with Gasteiger partial charge in [0.25, 0.3) is 0 Å². The predicted molar refractivity (Wildman–Crippen MR) is 124 cm³/mol. The first-order valence-corrected chi connectivity index (χ1v) is 11.4. The van der Waals surface area contributed by atoms with Crippen molar-refractivity contribution in [3.05, 3.63) is 59.7 Å². The van der Waals surface area contributed by atoms with Gasteiger partial charge in [-0.15, -0.1) is 0 Å². The lowest BCUT2D eigenvalue weighted by Gasteiger charge is -2.43. The van der Waals surface area contributed by atoms with E-state index in [0.29, 0.717) is 12.8 Å². The maximum atomic E-state index is 12.8. The van der Waals surface area contributed by atoms with Gasteiger partial charge in [-0.25, -0.2) is 4.79 Å². The van der Waals surface area contributed by atoms with E-state index in [9.17, 15) is 14.4 Å². The summed E-state index contributed by atoms with van der Waals surface area (Å²) in [6.45, 7) is 3.43. The third-order valence-electron chi connectivity index (χ3n) is 6.76. The molecule has 7 heteroatoms. The van der Waals surface area contributed by atoms with Crippen LogP contribution in [-0.4, -0.2) is 52.7 Å². The van der Waals surface area contributed by atoms with Gasteiger partial charge >= 0.3 is 12.1 Å². The third-order valence-corrected chi connectivity index (χ3v) is 6.76. The highest BCUT2D eigenvalue weighted by Gasteiger charge is 2.42. The van der Waals surface area contributed by atoms with Crippen molar-refractivity contribution in [3.8, 4) is 11.1 Å². The van der Waals surface area contributed by atoms with Crippen LogP contribution in [0.3, 0.4) is 0 Å². The van der Waals surface area contributed by atoms with Crippen molar-refractivity contribution in [2.75, 3.05) is 13.2 Å². The van der Waals surface area contributed by atoms with Gasteiger partial charge in [0, 0.05) is 12.0 Å². The summed E-state index contributed by atoms with van der Waals surface area (Å²) in [5.41, 5.74) is 3.93. The molecule has 0 unspecified atom stereocenters. The van der Waals surface area contributed by atoms with Crippen molar-refractivity contribution in [3.63, 3.8) is 0 Å². The van der Waals surface area contributed by atoms with Crippen LogP contribution in [0.15, 0.2) is 48.5 Å². The molecule has 2 aliphatic rings. The van der Waals surface area contributed by atoms with Gasteiger partial charge in [0.15, 0.2) is 0 Å². The Bertz CT molecular complexity index is 1010. The second-order valence-corrected chi connectivity index (χ2v) is 9.27. The van der Waals surface area contributed by atoms with Gasteiger partial charge in [0.1, 0.15) is 13.2 Å². The number of hydrogen-bond acceptors (Lipinski definition) is 4. The fraction of sp³-hybridized carbons (Fsp3) is 0.423. The fourth-order valence-electron chi connectivity index (χ4n) is 4.90. The first kappa shape index (κ1) is 22.8. The highest BCUT2D eigenvalue weighted by Crippen LogP contribution is 2.44. The van der Waals surface area contributed by atoms with Crippen LogP contribution in [0, 0.1) is 0 Å². The van der Waals surface area contributed by atoms with Crippen LogP contribution in [0.25, 0.3) is 11.1 Å². The Labute approximate surface area is 193 Å². The number of carbonyl (C=O) groups excluding carboxylic acids is 2. The number of hydrogen-bond donors (Lipinski definition) is 2. The number of amides is 2. The quantitative estimate of drug-likeness (QED) is 0.630. The minimum atomic E-state index is -1.05. The molecule has 0 bridgehead atoms. The summed E-state index contributed by atoms with van der Waals surface area (Å²) in [6, 6.07) is 16.1. The van der Waals surface area contributed by atoms with E-state index in [4.69, 9.17) is 9.84 Å². The van der Waals surface area contributed by atoms with E-state index >= 15 is 0 Å². The normalized spacial score (nSPS) is 15.8. The minimum absolute atomic E-state index is 0.0332. The van der Waals surface area contributed by atoms with Crippen LogP contribution in [0.4, 0.5) is 4.79 Å². The zero-order valence-electron chi connectivity index (χ0n) is 19.0. The van der Waals surface area contributed by atoms with Crippen LogP contribution in [-0.2, 0) is 14.3 Å². The zero-order chi connectivity index (χ0) is 23.6. The van der Waals surface area contributed by atoms with E-state index < -0.39 is 17.6 Å². The number of nitrogens with one attached hydrogen (secondary N) is 1. The van der Waals surface area contributed by atoms with Crippen LogP contribution >= 0.6 is 0 Å². The Morgan fingerprint density at radius 1 is 1.06 bits per heavy atom. The summed E-state index contributed by atoms with van der Waals surface area (Å²) in [5.74, 6) is -1.36. The third kappa shape index (κ3) is 4.72. The number of rotatable bonds is 8. The van der Waals surface area contributed by atoms with E-state index in [2.05, 4.69) is 29.6 Å². The van der Waals surface area contributed by atoms with Crippen molar-refractivity contribution in [2.45, 2.75) is 57.0 Å². The van der Waals surface area contributed by atoms with Gasteiger partial charge in [0.05, 0.1) is 12.0 Å². The summed E-state index contributed by atoms with van der Waals surface area (Å²) in [7, 11) is 0. The lowest BCUT2D eigenvalue weighted by Crippen LogP contribution is -2.57. The highest BCUT2D eigenvalue weighted by molar-refractivity contribution is 5.83. The number of benzene rings is 2. The number of fused-ring (bicyclic) bond motifs is 3. The Kier molecular flexibility index (Phi) is 6.40. The summed E-state index contributed by atoms with van der Waals surface area (Å²) in [6.07, 6.45) is 1.77. The zero-order valence-corrected chi connectivity index (χ0v) is 19.0. The highest BCUT2D eigenvalue weighted by atomic mass is 16.5. The molecule has 33 heavy (non-hydrogen) atoms. The van der Waals surface area contributed by atoms with E-state index in [0.717, 1.165) is 28.7 Å². The summed E-state index contributed by atoms with van der Waals surface area (Å²) in [5, 5.41) is 12.0. The molecule has 2 aliphatic carbocycles. The van der Waals surface area contributed by atoms with Gasteiger partial charge in [0.2, 0.25) is 5.91 Å². The molecule has 7 nitrogen and oxygen atoms in total. The topological polar surface area (TPSA) is 95.9 Å². The standard InChI is InChI=1S/C26H30N2O5/c1-17(2)28(15-24(30)31)23(29)14-26(12-7-13-26)27-25(32)33-16-22-20-10-5-3-8-18(20)19-9-4-6-11-21(19)22/h3-6,8-11,17,22H,7,12-16H2,1-2H3,(H,27,32)(H,30,31). The molecule has 0 radical (unpaired) electrons. The summed E-state index contributed by atoms with van der Waals surface area (Å²) in [4.78, 5) is 38.0. The molecule has 0 atom stereocenters. The Hall–Kier alpha value is -3.35. The Balaban J connectivity index is 1.40. The molecule has 0 heterocycles. The number of carboxylic acid groups (broad SMARTS) is 1. The van der Waals surface area contributed by atoms with Crippen LogP contribution in [0.1, 0.15) is 56.6 Å².